The van der Waals surface area contributed by atoms with E-state index in [9.17, 15) is 0 Å². The Morgan fingerprint density at radius 3 is 0.680 bits per heavy atom. The predicted molar refractivity (Wildman–Crippen MR) is 408 cm³/mol. The normalized spacial score (nSPS) is 11.5. The molecule has 0 N–H and O–H groups in total. The van der Waals surface area contributed by atoms with E-state index in [1.807, 2.05) is 109 Å². The molecule has 0 saturated heterocycles. The number of aromatic nitrogens is 3. The molecule has 0 bridgehead atoms. The Labute approximate surface area is 600 Å². The van der Waals surface area contributed by atoms with Crippen LogP contribution in [0.3, 0.4) is 0 Å². The van der Waals surface area contributed by atoms with E-state index in [4.69, 9.17) is 23.2 Å². The van der Waals surface area contributed by atoms with Gasteiger partial charge in [0.25, 0.3) is 0 Å². The van der Waals surface area contributed by atoms with Crippen LogP contribution in [0.15, 0.2) is 279 Å². The Balaban J connectivity index is 0.000000165. The van der Waals surface area contributed by atoms with Crippen LogP contribution in [0.2, 0.25) is 10.0 Å². The Morgan fingerprint density at radius 1 is 0.237 bits per heavy atom. The van der Waals surface area contributed by atoms with E-state index < -0.39 is 0 Å². The van der Waals surface area contributed by atoms with E-state index in [-0.39, 0.29) is 41.8 Å². The maximum atomic E-state index is 6.05. The molecule has 0 saturated carbocycles. The number of pyridine rings is 3. The summed E-state index contributed by atoms with van der Waals surface area (Å²) in [5, 5.41) is 1.25. The second kappa shape index (κ2) is 30.5. The van der Waals surface area contributed by atoms with Crippen molar-refractivity contribution in [2.75, 3.05) is 0 Å². The Hall–Kier alpha value is -9.12. The van der Waals surface area contributed by atoms with Crippen LogP contribution in [-0.2, 0) is 41.8 Å². The van der Waals surface area contributed by atoms with Gasteiger partial charge < -0.3 is 15.0 Å². The third kappa shape index (κ3) is 18.3. The van der Waals surface area contributed by atoms with Crippen molar-refractivity contribution in [2.24, 2.45) is 0 Å². The van der Waals surface area contributed by atoms with Crippen LogP contribution in [0.5, 0.6) is 0 Å². The standard InChI is InChI=1S/2C37H36N.C17H10Cl2N.Ir/c2*1-36(2,3)33-17-13-26(14-18-33)30-23-31(27-15-19-34(20-16-27)37(4,5)6)25-32(24-30)28-10-9-11-29(22-28)35-12-7-8-21-38-35;18-15-9-14(10-16(19)11-15)12-4-3-5-13(8-12)17-6-1-2-7-20-17;/h2*7-10,12-25H,1-6H3;1-4,6-11H;/q3*-1;+3. The van der Waals surface area contributed by atoms with Gasteiger partial charge in [0.15, 0.2) is 0 Å². The molecular formula is C91H82Cl2IrN3. The number of hydrogen-bond donors (Lipinski definition) is 0. The first-order chi connectivity index (χ1) is 45.9. The van der Waals surface area contributed by atoms with Crippen molar-refractivity contribution in [3.8, 4) is 112 Å². The molecule has 0 spiro atoms. The summed E-state index contributed by atoms with van der Waals surface area (Å²) in [6.07, 6.45) is 5.43. The Morgan fingerprint density at radius 2 is 0.464 bits per heavy atom. The monoisotopic (exact) mass is 1480 g/mol. The molecule has 3 aromatic heterocycles. The van der Waals surface area contributed by atoms with Crippen molar-refractivity contribution in [3.63, 3.8) is 0 Å². The molecule has 13 aromatic rings. The van der Waals surface area contributed by atoms with E-state index >= 15 is 0 Å². The number of benzene rings is 10. The first kappa shape index (κ1) is 70.7. The molecule has 3 heterocycles. The number of rotatable bonds is 10. The second-order valence-electron chi connectivity index (χ2n) is 28.7. The summed E-state index contributed by atoms with van der Waals surface area (Å²) in [5.41, 5.74) is 28.0. The summed E-state index contributed by atoms with van der Waals surface area (Å²) >= 11 is 12.1. The molecule has 3 nitrogen and oxygen atoms in total. The smallest absolute Gasteiger partial charge is 0.305 e. The average molecular weight is 1480 g/mol. The van der Waals surface area contributed by atoms with Crippen molar-refractivity contribution in [2.45, 2.75) is 105 Å². The zero-order valence-corrected chi connectivity index (χ0v) is 61.4. The Kier molecular flexibility index (Phi) is 22.2. The fourth-order valence-electron chi connectivity index (χ4n) is 11.6. The van der Waals surface area contributed by atoms with Gasteiger partial charge in [0.1, 0.15) is 0 Å². The van der Waals surface area contributed by atoms with Crippen LogP contribution in [-0.4, -0.2) is 15.0 Å². The van der Waals surface area contributed by atoms with Gasteiger partial charge in [0, 0.05) is 28.6 Å². The van der Waals surface area contributed by atoms with E-state index in [0.29, 0.717) is 10.0 Å². The summed E-state index contributed by atoms with van der Waals surface area (Å²) in [6.45, 7) is 27.1. The number of nitrogens with zero attached hydrogens (tertiary/aromatic N) is 3. The summed E-state index contributed by atoms with van der Waals surface area (Å²) in [6, 6.07) is 102. The van der Waals surface area contributed by atoms with E-state index in [0.717, 1.165) is 56.0 Å². The minimum absolute atomic E-state index is 0. The van der Waals surface area contributed by atoms with Gasteiger partial charge in [0.2, 0.25) is 0 Å². The maximum absolute atomic E-state index is 6.05. The van der Waals surface area contributed by atoms with E-state index in [1.54, 1.807) is 12.3 Å². The van der Waals surface area contributed by atoms with Crippen molar-refractivity contribution in [1.29, 1.82) is 0 Å². The molecule has 0 unspecified atom stereocenters. The van der Waals surface area contributed by atoms with Gasteiger partial charge in [-0.15, -0.1) is 106 Å². The molecule has 0 aliphatic heterocycles. The molecule has 0 aliphatic rings. The van der Waals surface area contributed by atoms with Gasteiger partial charge >= 0.3 is 20.1 Å². The quantitative estimate of drug-likeness (QED) is 0.128. The molecule has 97 heavy (non-hydrogen) atoms. The van der Waals surface area contributed by atoms with Crippen LogP contribution in [0.4, 0.5) is 0 Å². The first-order valence-corrected chi connectivity index (χ1v) is 33.6. The summed E-state index contributed by atoms with van der Waals surface area (Å²) in [7, 11) is 0. The topological polar surface area (TPSA) is 38.7 Å². The van der Waals surface area contributed by atoms with Crippen molar-refractivity contribution in [1.82, 2.24) is 15.0 Å². The number of hydrogen-bond acceptors (Lipinski definition) is 3. The van der Waals surface area contributed by atoms with Gasteiger partial charge in [-0.25, -0.2) is 0 Å². The van der Waals surface area contributed by atoms with E-state index in [2.05, 4.69) is 274 Å². The SMILES string of the molecule is CC(C)(C)c1ccc(-c2cc(-c3ccc(C(C)(C)C)cc3)cc(-c3cc[c-]c(-c4ccccn4)c3)c2)cc1.CC(C)(C)c1ccc(-c2cc(-c3ccc(C(C)(C)C)cc3)cc(-c3cc[c-]c(-c4ccccn4)c3)c2)cc1.Clc1cc(Cl)cc(-c2cc[c-]c(-c3ccccn3)c2)c1.[Ir+3]. The molecule has 6 heteroatoms. The van der Waals surface area contributed by atoms with Crippen LogP contribution >= 0.6 is 23.2 Å². The molecule has 484 valence electrons. The van der Waals surface area contributed by atoms with Crippen molar-refractivity contribution >= 4 is 23.2 Å². The molecular weight excluding hydrogens is 1400 g/mol. The van der Waals surface area contributed by atoms with Crippen LogP contribution < -0.4 is 0 Å². The fraction of sp³-hybridized carbons (Fsp3) is 0.176. The fourth-order valence-corrected chi connectivity index (χ4v) is 12.1. The van der Waals surface area contributed by atoms with Gasteiger partial charge in [-0.2, -0.15) is 0 Å². The van der Waals surface area contributed by atoms with Gasteiger partial charge in [-0.3, -0.25) is 0 Å². The zero-order valence-electron chi connectivity index (χ0n) is 57.5. The molecule has 13 rings (SSSR count). The van der Waals surface area contributed by atoms with Gasteiger partial charge in [-0.1, -0.05) is 240 Å². The summed E-state index contributed by atoms with van der Waals surface area (Å²) in [5.74, 6) is 0. The van der Waals surface area contributed by atoms with Crippen molar-refractivity contribution < 1.29 is 20.1 Å². The van der Waals surface area contributed by atoms with Crippen LogP contribution in [0.25, 0.3) is 112 Å². The molecule has 0 fully saturated rings. The van der Waals surface area contributed by atoms with Gasteiger partial charge in [-0.05, 0) is 195 Å². The maximum Gasteiger partial charge on any atom is 3.00 e. The minimum Gasteiger partial charge on any atom is -0.305 e. The zero-order chi connectivity index (χ0) is 67.8. The molecule has 0 amide bonds. The second-order valence-corrected chi connectivity index (χ2v) is 29.6. The van der Waals surface area contributed by atoms with Gasteiger partial charge in [0.05, 0.1) is 0 Å². The summed E-state index contributed by atoms with van der Waals surface area (Å²) in [4.78, 5) is 13.4. The number of halogens is 2. The molecule has 10 aromatic carbocycles. The third-order valence-corrected chi connectivity index (χ3v) is 17.7. The van der Waals surface area contributed by atoms with E-state index in [1.165, 1.54) is 77.9 Å². The van der Waals surface area contributed by atoms with Crippen molar-refractivity contribution in [3.05, 3.63) is 330 Å². The molecule has 0 atom stereocenters. The predicted octanol–water partition coefficient (Wildman–Crippen LogP) is 25.8. The van der Waals surface area contributed by atoms with Crippen LogP contribution in [0.1, 0.15) is 105 Å². The minimum atomic E-state index is 0. The largest absolute Gasteiger partial charge is 3.00 e. The molecule has 0 radical (unpaired) electrons. The first-order valence-electron chi connectivity index (χ1n) is 32.9. The average Bonchev–Trinajstić information content (AvgIpc) is 0.811. The Bertz CT molecular complexity index is 4340. The summed E-state index contributed by atoms with van der Waals surface area (Å²) < 4.78 is 0. The molecule has 0 aliphatic carbocycles. The third-order valence-electron chi connectivity index (χ3n) is 17.3. The van der Waals surface area contributed by atoms with Crippen LogP contribution in [0, 0.1) is 18.2 Å².